The van der Waals surface area contributed by atoms with E-state index in [2.05, 4.69) is 0 Å². The van der Waals surface area contributed by atoms with Crippen molar-refractivity contribution in [2.75, 3.05) is 29.7 Å². The minimum Gasteiger partial charge on any atom is -0.504 e. The van der Waals surface area contributed by atoms with Gasteiger partial charge in [-0.15, -0.1) is 23.2 Å². The molecule has 0 spiro atoms. The zero-order chi connectivity index (χ0) is 19.8. The van der Waals surface area contributed by atoms with Crippen LogP contribution in [0.4, 0.5) is 16.2 Å². The van der Waals surface area contributed by atoms with Crippen LogP contribution in [0.2, 0.25) is 0 Å². The van der Waals surface area contributed by atoms with E-state index in [4.69, 9.17) is 32.7 Å². The van der Waals surface area contributed by atoms with Crippen molar-refractivity contribution in [3.05, 3.63) is 52.6 Å². The van der Waals surface area contributed by atoms with Gasteiger partial charge in [0.2, 0.25) is 0 Å². The lowest BCUT2D eigenvalue weighted by Crippen LogP contribution is -2.27. The fraction of sp³-hybridized carbons (Fsp3) is 0.235. The molecule has 0 aliphatic heterocycles. The number of hydrogen-bond acceptors (Lipinski definition) is 7. The van der Waals surface area contributed by atoms with Crippen LogP contribution in [0.5, 0.6) is 17.2 Å². The van der Waals surface area contributed by atoms with Crippen LogP contribution in [0.1, 0.15) is 0 Å². The van der Waals surface area contributed by atoms with Gasteiger partial charge < -0.3 is 19.5 Å². The van der Waals surface area contributed by atoms with Crippen molar-refractivity contribution >= 4 is 40.7 Å². The first-order chi connectivity index (χ1) is 12.9. The number of phenols is 1. The molecule has 8 nitrogen and oxygen atoms in total. The molecule has 10 heteroatoms. The number of aromatic hydroxyl groups is 1. The van der Waals surface area contributed by atoms with Gasteiger partial charge in [0.1, 0.15) is 5.75 Å². The molecule has 27 heavy (non-hydrogen) atoms. The summed E-state index contributed by atoms with van der Waals surface area (Å²) >= 11 is 11.5. The third-order valence-corrected chi connectivity index (χ3v) is 3.80. The van der Waals surface area contributed by atoms with Gasteiger partial charge in [0, 0.05) is 48.7 Å². The van der Waals surface area contributed by atoms with E-state index in [9.17, 15) is 20.0 Å². The molecule has 1 N–H and O–H groups in total. The van der Waals surface area contributed by atoms with Crippen LogP contribution in [0.3, 0.4) is 0 Å². The van der Waals surface area contributed by atoms with Gasteiger partial charge in [0.15, 0.2) is 11.5 Å². The van der Waals surface area contributed by atoms with Gasteiger partial charge in [-0.1, -0.05) is 0 Å². The lowest BCUT2D eigenvalue weighted by atomic mass is 10.2. The van der Waals surface area contributed by atoms with Crippen molar-refractivity contribution in [2.24, 2.45) is 0 Å². The van der Waals surface area contributed by atoms with Crippen LogP contribution in [-0.4, -0.2) is 41.0 Å². The molecule has 0 amide bonds. The van der Waals surface area contributed by atoms with Crippen molar-refractivity contribution in [3.8, 4) is 17.2 Å². The predicted octanol–water partition coefficient (Wildman–Crippen LogP) is 4.16. The van der Waals surface area contributed by atoms with Crippen molar-refractivity contribution in [1.29, 1.82) is 0 Å². The molecule has 0 aliphatic carbocycles. The smallest absolute Gasteiger partial charge is 0.504 e. The molecule has 2 aromatic carbocycles. The summed E-state index contributed by atoms with van der Waals surface area (Å²) in [6.07, 6.45) is -1.09. The predicted molar refractivity (Wildman–Crippen MR) is 102 cm³/mol. The SMILES string of the molecule is O=C(Oc1ccc([N+](=O)[O-])cc1)Oc1ccc(N(CCCl)CCCl)cc1O. The lowest BCUT2D eigenvalue weighted by Gasteiger charge is -2.23. The van der Waals surface area contributed by atoms with Crippen molar-refractivity contribution in [1.82, 2.24) is 0 Å². The number of carbonyl (C=O) groups is 1. The van der Waals surface area contributed by atoms with E-state index in [1.807, 2.05) is 4.90 Å². The Kier molecular flexibility index (Phi) is 7.51. The van der Waals surface area contributed by atoms with Crippen LogP contribution in [-0.2, 0) is 0 Å². The molecule has 2 aromatic rings. The lowest BCUT2D eigenvalue weighted by molar-refractivity contribution is -0.384. The van der Waals surface area contributed by atoms with Crippen molar-refractivity contribution in [2.45, 2.75) is 0 Å². The normalized spacial score (nSPS) is 10.3. The maximum Gasteiger partial charge on any atom is 0.519 e. The number of non-ortho nitro benzene ring substituents is 1. The summed E-state index contributed by atoms with van der Waals surface area (Å²) in [7, 11) is 0. The number of ether oxygens (including phenoxy) is 2. The zero-order valence-corrected chi connectivity index (χ0v) is 15.5. The molecule has 144 valence electrons. The fourth-order valence-electron chi connectivity index (χ4n) is 2.21. The molecule has 0 saturated carbocycles. The molecule has 0 saturated heterocycles. The number of phenolic OH excluding ortho intramolecular Hbond substituents is 1. The molecule has 0 atom stereocenters. The highest BCUT2D eigenvalue weighted by molar-refractivity contribution is 6.18. The number of hydrogen-bond donors (Lipinski definition) is 1. The standard InChI is InChI=1S/C17H16Cl2N2O6/c18-7-9-20(10-8-19)13-3-6-16(15(22)11-13)27-17(23)26-14-4-1-12(2-5-14)21(24)25/h1-6,11,22H,7-10H2. The second-order valence-electron chi connectivity index (χ2n) is 5.22. The molecule has 2 rings (SSSR count). The number of rotatable bonds is 8. The summed E-state index contributed by atoms with van der Waals surface area (Å²) in [4.78, 5) is 23.7. The topological polar surface area (TPSA) is 102 Å². The van der Waals surface area contributed by atoms with Gasteiger partial charge in [-0.25, -0.2) is 4.79 Å². The average molecular weight is 415 g/mol. The number of benzene rings is 2. The van der Waals surface area contributed by atoms with Gasteiger partial charge in [-0.05, 0) is 24.3 Å². The van der Waals surface area contributed by atoms with Crippen LogP contribution in [0.15, 0.2) is 42.5 Å². The van der Waals surface area contributed by atoms with Crippen molar-refractivity contribution < 1.29 is 24.3 Å². The number of carbonyl (C=O) groups excluding carboxylic acids is 1. The average Bonchev–Trinajstić information content (AvgIpc) is 2.63. The fourth-order valence-corrected chi connectivity index (χ4v) is 2.61. The Labute approximate surface area is 165 Å². The first-order valence-electron chi connectivity index (χ1n) is 7.78. The van der Waals surface area contributed by atoms with Gasteiger partial charge in [-0.3, -0.25) is 10.1 Å². The van der Waals surface area contributed by atoms with Gasteiger partial charge in [-0.2, -0.15) is 0 Å². The molecule has 0 fully saturated rings. The van der Waals surface area contributed by atoms with E-state index in [1.165, 1.54) is 36.4 Å². The molecule has 0 aliphatic rings. The van der Waals surface area contributed by atoms with E-state index in [-0.39, 0.29) is 22.9 Å². The largest absolute Gasteiger partial charge is 0.519 e. The monoisotopic (exact) mass is 414 g/mol. The second-order valence-corrected chi connectivity index (χ2v) is 5.98. The number of nitro groups is 1. The Bertz CT molecular complexity index is 795. The summed E-state index contributed by atoms with van der Waals surface area (Å²) in [6.45, 7) is 1.08. The number of alkyl halides is 2. The Morgan fingerprint density at radius 3 is 2.22 bits per heavy atom. The third-order valence-electron chi connectivity index (χ3n) is 3.46. The van der Waals surface area contributed by atoms with Crippen LogP contribution < -0.4 is 14.4 Å². The van der Waals surface area contributed by atoms with E-state index >= 15 is 0 Å². The first kappa shape index (κ1) is 20.6. The van der Waals surface area contributed by atoms with Crippen LogP contribution >= 0.6 is 23.2 Å². The number of nitro benzene ring substituents is 1. The highest BCUT2D eigenvalue weighted by Gasteiger charge is 2.15. The third kappa shape index (κ3) is 5.90. The Morgan fingerprint density at radius 1 is 1.07 bits per heavy atom. The summed E-state index contributed by atoms with van der Waals surface area (Å²) in [6, 6.07) is 9.39. The second kappa shape index (κ2) is 9.84. The highest BCUT2D eigenvalue weighted by Crippen LogP contribution is 2.31. The van der Waals surface area contributed by atoms with E-state index in [0.29, 0.717) is 30.5 Å². The molecular formula is C17H16Cl2N2O6. The zero-order valence-electron chi connectivity index (χ0n) is 14.0. The van der Waals surface area contributed by atoms with E-state index in [1.54, 1.807) is 6.07 Å². The number of halogens is 2. The number of nitrogens with zero attached hydrogens (tertiary/aromatic N) is 2. The Hall–Kier alpha value is -2.71. The van der Waals surface area contributed by atoms with Crippen molar-refractivity contribution in [3.63, 3.8) is 0 Å². The first-order valence-corrected chi connectivity index (χ1v) is 8.85. The Morgan fingerprint density at radius 2 is 1.70 bits per heavy atom. The summed E-state index contributed by atoms with van der Waals surface area (Å²) < 4.78 is 9.89. The summed E-state index contributed by atoms with van der Waals surface area (Å²) in [5.41, 5.74) is 0.535. The maximum absolute atomic E-state index is 11.8. The summed E-state index contributed by atoms with van der Waals surface area (Å²) in [5, 5.41) is 20.7. The minimum absolute atomic E-state index is 0.0668. The maximum atomic E-state index is 11.8. The highest BCUT2D eigenvalue weighted by atomic mass is 35.5. The number of anilines is 1. The van der Waals surface area contributed by atoms with Gasteiger partial charge in [0.05, 0.1) is 4.92 Å². The Balaban J connectivity index is 2.03. The molecular weight excluding hydrogens is 399 g/mol. The minimum atomic E-state index is -1.09. The van der Waals surface area contributed by atoms with Gasteiger partial charge in [0.25, 0.3) is 5.69 Å². The molecule has 0 bridgehead atoms. The quantitative estimate of drug-likeness (QED) is 0.227. The van der Waals surface area contributed by atoms with E-state index in [0.717, 1.165) is 0 Å². The van der Waals surface area contributed by atoms with E-state index < -0.39 is 11.1 Å². The molecule has 0 aromatic heterocycles. The molecule has 0 unspecified atom stereocenters. The molecule has 0 radical (unpaired) electrons. The summed E-state index contributed by atoms with van der Waals surface area (Å²) in [5.74, 6) is 0.483. The van der Waals surface area contributed by atoms with Crippen LogP contribution in [0.25, 0.3) is 0 Å². The van der Waals surface area contributed by atoms with Crippen LogP contribution in [0, 0.1) is 10.1 Å². The molecule has 0 heterocycles. The van der Waals surface area contributed by atoms with Gasteiger partial charge >= 0.3 is 6.16 Å².